The Balaban J connectivity index is 1.58. The van der Waals surface area contributed by atoms with Gasteiger partial charge < -0.3 is 14.5 Å². The summed E-state index contributed by atoms with van der Waals surface area (Å²) in [6.45, 7) is 0.732. The number of nitrogens with zero attached hydrogens (tertiary/aromatic N) is 2. The molecular formula is C33H33FN2O3. The molecule has 200 valence electrons. The van der Waals surface area contributed by atoms with E-state index in [-0.39, 0.29) is 11.7 Å². The highest BCUT2D eigenvalue weighted by atomic mass is 19.1. The predicted molar refractivity (Wildman–Crippen MR) is 154 cm³/mol. The second-order valence-electron chi connectivity index (χ2n) is 9.50. The quantitative estimate of drug-likeness (QED) is 0.223. The lowest BCUT2D eigenvalue weighted by atomic mass is 9.90. The van der Waals surface area contributed by atoms with Crippen LogP contribution < -0.4 is 9.80 Å². The van der Waals surface area contributed by atoms with Crippen molar-refractivity contribution in [2.75, 3.05) is 37.5 Å². The lowest BCUT2D eigenvalue weighted by Crippen LogP contribution is -2.33. The summed E-state index contributed by atoms with van der Waals surface area (Å²) in [5.41, 5.74) is 4.45. The molecule has 6 heteroatoms. The normalized spacial score (nSPS) is 10.8. The van der Waals surface area contributed by atoms with E-state index in [0.29, 0.717) is 11.3 Å². The number of benzene rings is 4. The molecule has 0 heterocycles. The monoisotopic (exact) mass is 524 g/mol. The van der Waals surface area contributed by atoms with Gasteiger partial charge in [0.15, 0.2) is 0 Å². The lowest BCUT2D eigenvalue weighted by molar-refractivity contribution is -0.118. The van der Waals surface area contributed by atoms with Gasteiger partial charge in [-0.25, -0.2) is 9.18 Å². The summed E-state index contributed by atoms with van der Waals surface area (Å²) in [7, 11) is 4.98. The third-order valence-corrected chi connectivity index (χ3v) is 6.90. The number of carbonyl (C=O) groups is 2. The maximum Gasteiger partial charge on any atom is 0.340 e. The second kappa shape index (κ2) is 12.9. The van der Waals surface area contributed by atoms with Crippen molar-refractivity contribution in [1.29, 1.82) is 0 Å². The molecule has 0 bridgehead atoms. The second-order valence-corrected chi connectivity index (χ2v) is 9.50. The van der Waals surface area contributed by atoms with Gasteiger partial charge in [0.25, 0.3) is 0 Å². The summed E-state index contributed by atoms with van der Waals surface area (Å²) >= 11 is 0. The number of hydrogen-bond acceptors (Lipinski definition) is 4. The van der Waals surface area contributed by atoms with Crippen LogP contribution in [0, 0.1) is 5.82 Å². The zero-order valence-corrected chi connectivity index (χ0v) is 22.5. The van der Waals surface area contributed by atoms with Gasteiger partial charge in [0, 0.05) is 26.3 Å². The summed E-state index contributed by atoms with van der Waals surface area (Å²) < 4.78 is 18.3. The van der Waals surface area contributed by atoms with Crippen LogP contribution in [0.1, 0.15) is 39.4 Å². The van der Waals surface area contributed by atoms with Crippen molar-refractivity contribution in [1.82, 2.24) is 0 Å². The fraction of sp³-hybridized carbons (Fsp3) is 0.212. The van der Waals surface area contributed by atoms with Crippen molar-refractivity contribution in [3.8, 4) is 0 Å². The van der Waals surface area contributed by atoms with Crippen molar-refractivity contribution >= 4 is 23.3 Å². The number of amides is 1. The van der Waals surface area contributed by atoms with Gasteiger partial charge in [-0.2, -0.15) is 0 Å². The molecule has 4 rings (SSSR count). The number of carbonyl (C=O) groups excluding carboxylic acids is 2. The van der Waals surface area contributed by atoms with Crippen LogP contribution >= 0.6 is 0 Å². The largest absolute Gasteiger partial charge is 0.465 e. The summed E-state index contributed by atoms with van der Waals surface area (Å²) in [5.74, 6) is -1.44. The molecule has 0 saturated carbocycles. The summed E-state index contributed by atoms with van der Waals surface area (Å²) in [5, 5.41) is 0. The molecule has 1 amide bonds. The van der Waals surface area contributed by atoms with Crippen LogP contribution in [0.25, 0.3) is 0 Å². The Morgan fingerprint density at radius 1 is 0.821 bits per heavy atom. The Morgan fingerprint density at radius 3 is 1.97 bits per heavy atom. The van der Waals surface area contributed by atoms with E-state index in [9.17, 15) is 14.0 Å². The third kappa shape index (κ3) is 6.71. The van der Waals surface area contributed by atoms with Gasteiger partial charge >= 0.3 is 5.97 Å². The fourth-order valence-corrected chi connectivity index (χ4v) is 4.71. The number of aryl methyl sites for hydroxylation is 1. The average molecular weight is 525 g/mol. The zero-order chi connectivity index (χ0) is 27.8. The number of methoxy groups -OCH3 is 1. The van der Waals surface area contributed by atoms with Crippen LogP contribution in [-0.2, 0) is 16.0 Å². The van der Waals surface area contributed by atoms with E-state index in [1.54, 1.807) is 31.3 Å². The molecule has 0 unspecified atom stereocenters. The molecule has 0 spiro atoms. The van der Waals surface area contributed by atoms with Crippen molar-refractivity contribution in [3.63, 3.8) is 0 Å². The van der Waals surface area contributed by atoms with Gasteiger partial charge in [-0.1, -0.05) is 72.8 Å². The minimum absolute atomic E-state index is 0.155. The average Bonchev–Trinajstić information content (AvgIpc) is 2.98. The van der Waals surface area contributed by atoms with E-state index in [4.69, 9.17) is 4.74 Å². The minimum atomic E-state index is -0.531. The molecule has 0 aliphatic carbocycles. The van der Waals surface area contributed by atoms with Crippen LogP contribution in [0.2, 0.25) is 0 Å². The molecule has 0 atom stereocenters. The number of halogens is 1. The maximum absolute atomic E-state index is 14.0. The molecule has 0 radical (unpaired) electrons. The van der Waals surface area contributed by atoms with Crippen LogP contribution in [0.5, 0.6) is 0 Å². The lowest BCUT2D eigenvalue weighted by Gasteiger charge is -2.27. The van der Waals surface area contributed by atoms with Crippen molar-refractivity contribution < 1.29 is 18.7 Å². The standard InChI is InChI=1S/C33H33FN2O3/c1-35(22-10-11-24-16-18-27(34)19-17-24)28-20-21-30(29(23-28)33(38)39-3)36(2)32(37)31(25-12-6-4-7-13-25)26-14-8-5-9-15-26/h4-9,12-21,23,31H,10-11,22H2,1-3H3. The van der Waals surface area contributed by atoms with Crippen molar-refractivity contribution in [2.45, 2.75) is 18.8 Å². The first-order chi connectivity index (χ1) is 18.9. The topological polar surface area (TPSA) is 49.9 Å². The number of anilines is 2. The molecule has 0 saturated heterocycles. The summed E-state index contributed by atoms with van der Waals surface area (Å²) in [6.07, 6.45) is 1.66. The first-order valence-corrected chi connectivity index (χ1v) is 12.9. The van der Waals surface area contributed by atoms with Gasteiger partial charge in [0.1, 0.15) is 5.82 Å². The molecule has 0 aromatic heterocycles. The Labute approximate surface area is 229 Å². The van der Waals surface area contributed by atoms with Gasteiger partial charge in [0.05, 0.1) is 24.3 Å². The molecule has 0 N–H and O–H groups in total. The van der Waals surface area contributed by atoms with Gasteiger partial charge in [-0.15, -0.1) is 0 Å². The minimum Gasteiger partial charge on any atom is -0.465 e. The summed E-state index contributed by atoms with van der Waals surface area (Å²) in [6, 6.07) is 31.3. The zero-order valence-electron chi connectivity index (χ0n) is 22.5. The highest BCUT2D eigenvalue weighted by Crippen LogP contribution is 2.32. The summed E-state index contributed by atoms with van der Waals surface area (Å²) in [4.78, 5) is 30.4. The van der Waals surface area contributed by atoms with E-state index in [2.05, 4.69) is 4.90 Å². The molecule has 5 nitrogen and oxygen atoms in total. The van der Waals surface area contributed by atoms with E-state index < -0.39 is 11.9 Å². The van der Waals surface area contributed by atoms with E-state index in [1.165, 1.54) is 24.1 Å². The molecule has 39 heavy (non-hydrogen) atoms. The first-order valence-electron chi connectivity index (χ1n) is 12.9. The highest BCUT2D eigenvalue weighted by Gasteiger charge is 2.29. The smallest absolute Gasteiger partial charge is 0.340 e. The molecule has 4 aromatic rings. The van der Waals surface area contributed by atoms with E-state index >= 15 is 0 Å². The Kier molecular flexibility index (Phi) is 9.10. The molecule has 0 aliphatic heterocycles. The van der Waals surface area contributed by atoms with Gasteiger partial charge in [-0.3, -0.25) is 4.79 Å². The first kappa shape index (κ1) is 27.6. The van der Waals surface area contributed by atoms with E-state index in [0.717, 1.165) is 41.8 Å². The highest BCUT2D eigenvalue weighted by molar-refractivity contribution is 6.06. The molecular weight excluding hydrogens is 491 g/mol. The molecule has 0 aliphatic rings. The number of hydrogen-bond donors (Lipinski definition) is 0. The van der Waals surface area contributed by atoms with Gasteiger partial charge in [0.2, 0.25) is 5.91 Å². The SMILES string of the molecule is COC(=O)c1cc(N(C)CCCc2ccc(F)cc2)ccc1N(C)C(=O)C(c1ccccc1)c1ccccc1. The molecule has 0 fully saturated rings. The fourth-order valence-electron chi connectivity index (χ4n) is 4.71. The van der Waals surface area contributed by atoms with Crippen LogP contribution in [0.15, 0.2) is 103 Å². The molecule has 4 aromatic carbocycles. The van der Waals surface area contributed by atoms with Crippen LogP contribution in [-0.4, -0.2) is 39.6 Å². The van der Waals surface area contributed by atoms with Crippen LogP contribution in [0.3, 0.4) is 0 Å². The number of ether oxygens (including phenoxy) is 1. The number of rotatable bonds is 10. The Morgan fingerprint density at radius 2 is 1.41 bits per heavy atom. The Hall–Kier alpha value is -4.45. The predicted octanol–water partition coefficient (Wildman–Crippen LogP) is 6.48. The van der Waals surface area contributed by atoms with Crippen molar-refractivity contribution in [3.05, 3.63) is 131 Å². The Bertz CT molecular complexity index is 1350. The van der Waals surface area contributed by atoms with Crippen molar-refractivity contribution in [2.24, 2.45) is 0 Å². The maximum atomic E-state index is 14.0. The number of likely N-dealkylation sites (N-methyl/N-ethyl adjacent to an activating group) is 1. The van der Waals surface area contributed by atoms with Gasteiger partial charge in [-0.05, 0) is 59.9 Å². The third-order valence-electron chi connectivity index (χ3n) is 6.90. The van der Waals surface area contributed by atoms with E-state index in [1.807, 2.05) is 73.8 Å². The number of esters is 1. The van der Waals surface area contributed by atoms with Crippen LogP contribution in [0.4, 0.5) is 15.8 Å².